The number of halogens is 3. The third kappa shape index (κ3) is 5.27. The van der Waals surface area contributed by atoms with Gasteiger partial charge < -0.3 is 17.7 Å². The summed E-state index contributed by atoms with van der Waals surface area (Å²) in [7, 11) is 0. The number of ether oxygens (including phenoxy) is 1. The molecule has 0 aliphatic heterocycles. The first-order valence-corrected chi connectivity index (χ1v) is 6.95. The van der Waals surface area contributed by atoms with Gasteiger partial charge in [0.2, 0.25) is 0 Å². The average Bonchev–Trinajstić information content (AvgIpc) is 2.48. The van der Waals surface area contributed by atoms with Crippen molar-refractivity contribution in [2.75, 3.05) is 0 Å². The molecule has 0 fully saturated rings. The molecule has 112 valence electrons. The van der Waals surface area contributed by atoms with E-state index >= 15 is 0 Å². The monoisotopic (exact) mass is 293 g/mol. The van der Waals surface area contributed by atoms with E-state index in [0.29, 0.717) is 6.42 Å². The predicted molar refractivity (Wildman–Crippen MR) is 78.9 cm³/mol. The molecule has 0 aliphatic rings. The molecule has 21 heavy (non-hydrogen) atoms. The lowest BCUT2D eigenvalue weighted by Crippen LogP contribution is -2.37. The topological polar surface area (TPSA) is 9.23 Å². The number of hydrogen-bond donors (Lipinski definition) is 0. The summed E-state index contributed by atoms with van der Waals surface area (Å²) >= 11 is 0. The molecule has 0 radical (unpaired) electrons. The van der Waals surface area contributed by atoms with E-state index in [4.69, 9.17) is 4.74 Å². The normalized spacial score (nSPS) is 13.1. The van der Waals surface area contributed by atoms with Crippen LogP contribution in [-0.4, -0.2) is 13.0 Å². The first-order chi connectivity index (χ1) is 10.1. The van der Waals surface area contributed by atoms with Crippen molar-refractivity contribution in [3.63, 3.8) is 0 Å². The molecule has 2 aromatic carbocycles. The van der Waals surface area contributed by atoms with E-state index in [2.05, 4.69) is 0 Å². The molecule has 1 nitrogen and oxygen atoms in total. The van der Waals surface area contributed by atoms with Gasteiger partial charge in [-0.2, -0.15) is 0 Å². The van der Waals surface area contributed by atoms with Crippen LogP contribution in [0.5, 0.6) is 0 Å². The zero-order valence-corrected chi connectivity index (χ0v) is 11.6. The highest BCUT2D eigenvalue weighted by Gasteiger charge is 2.35. The van der Waals surface area contributed by atoms with Crippen LogP contribution in [0.2, 0.25) is 0 Å². The number of benzene rings is 2. The van der Waals surface area contributed by atoms with E-state index in [1.807, 2.05) is 36.4 Å². The van der Waals surface area contributed by atoms with Gasteiger partial charge >= 0.3 is 6.98 Å². The maximum atomic E-state index is 13.1. The van der Waals surface area contributed by atoms with Crippen LogP contribution < -0.4 is 0 Å². The van der Waals surface area contributed by atoms with Gasteiger partial charge in [-0.05, 0) is 24.0 Å². The Morgan fingerprint density at radius 3 is 1.86 bits per heavy atom. The Morgan fingerprint density at radius 2 is 1.33 bits per heavy atom. The Hall–Kier alpha value is -1.75. The standard InChI is InChI=1S/C16H17BF3O/c18-17(19,20)16(12-11-14-7-3-1-4-8-14)21-13-15-9-5-2-6-10-15/h1-10,16H,11-13H2/q-1. The zero-order valence-electron chi connectivity index (χ0n) is 11.6. The van der Waals surface area contributed by atoms with Gasteiger partial charge in [0, 0.05) is 6.00 Å². The fourth-order valence-corrected chi connectivity index (χ4v) is 2.11. The van der Waals surface area contributed by atoms with Crippen LogP contribution >= 0.6 is 0 Å². The van der Waals surface area contributed by atoms with Crippen molar-refractivity contribution >= 4 is 6.98 Å². The van der Waals surface area contributed by atoms with Crippen LogP contribution in [0.1, 0.15) is 17.5 Å². The minimum Gasteiger partial charge on any atom is -0.447 e. The van der Waals surface area contributed by atoms with Crippen molar-refractivity contribution < 1.29 is 17.7 Å². The molecule has 0 bridgehead atoms. The molecule has 0 heterocycles. The van der Waals surface area contributed by atoms with E-state index in [9.17, 15) is 12.9 Å². The first kappa shape index (κ1) is 15.6. The molecule has 0 aliphatic carbocycles. The van der Waals surface area contributed by atoms with Crippen LogP contribution in [0, 0.1) is 0 Å². The molecule has 2 rings (SSSR count). The molecular weight excluding hydrogens is 276 g/mol. The maximum absolute atomic E-state index is 13.1. The molecule has 0 saturated carbocycles. The number of hydrogen-bond acceptors (Lipinski definition) is 1. The summed E-state index contributed by atoms with van der Waals surface area (Å²) in [5.41, 5.74) is 1.65. The van der Waals surface area contributed by atoms with Gasteiger partial charge in [0.15, 0.2) is 0 Å². The fourth-order valence-electron chi connectivity index (χ4n) is 2.11. The molecule has 0 spiro atoms. The summed E-state index contributed by atoms with van der Waals surface area (Å²) in [5, 5.41) is 0. The second kappa shape index (κ2) is 7.32. The van der Waals surface area contributed by atoms with Crippen molar-refractivity contribution in [3.05, 3.63) is 71.8 Å². The largest absolute Gasteiger partial charge is 0.506 e. The van der Waals surface area contributed by atoms with E-state index in [-0.39, 0.29) is 13.0 Å². The molecule has 0 N–H and O–H groups in total. The van der Waals surface area contributed by atoms with Crippen molar-refractivity contribution in [1.29, 1.82) is 0 Å². The highest BCUT2D eigenvalue weighted by atomic mass is 19.4. The Morgan fingerprint density at radius 1 is 0.810 bits per heavy atom. The van der Waals surface area contributed by atoms with Gasteiger partial charge in [0.25, 0.3) is 0 Å². The summed E-state index contributed by atoms with van der Waals surface area (Å²) in [4.78, 5) is 0. The van der Waals surface area contributed by atoms with Gasteiger partial charge in [-0.25, -0.2) is 0 Å². The zero-order chi connectivity index (χ0) is 15.1. The van der Waals surface area contributed by atoms with Crippen LogP contribution in [-0.2, 0) is 17.8 Å². The summed E-state index contributed by atoms with van der Waals surface area (Å²) in [6.07, 6.45) is 0.321. The quantitative estimate of drug-likeness (QED) is 0.678. The highest BCUT2D eigenvalue weighted by Crippen LogP contribution is 2.23. The van der Waals surface area contributed by atoms with Crippen molar-refractivity contribution in [2.45, 2.75) is 25.5 Å². The Balaban J connectivity index is 1.92. The lowest BCUT2D eigenvalue weighted by Gasteiger charge is -2.27. The molecule has 5 heteroatoms. The SMILES string of the molecule is F[B-](F)(F)C(CCc1ccccc1)OCc1ccccc1. The second-order valence-corrected chi connectivity index (χ2v) is 4.98. The molecule has 0 amide bonds. The summed E-state index contributed by atoms with van der Waals surface area (Å²) in [5.74, 6) is 0. The van der Waals surface area contributed by atoms with Crippen LogP contribution in [0.15, 0.2) is 60.7 Å². The third-order valence-corrected chi connectivity index (χ3v) is 3.29. The average molecular weight is 293 g/mol. The molecule has 0 aromatic heterocycles. The smallest absolute Gasteiger partial charge is 0.447 e. The van der Waals surface area contributed by atoms with Gasteiger partial charge in [-0.15, -0.1) is 0 Å². The fraction of sp³-hybridized carbons (Fsp3) is 0.250. The second-order valence-electron chi connectivity index (χ2n) is 4.98. The first-order valence-electron chi connectivity index (χ1n) is 6.95. The summed E-state index contributed by atoms with van der Waals surface area (Å²) in [6, 6.07) is 16.4. The van der Waals surface area contributed by atoms with E-state index in [1.165, 1.54) is 0 Å². The number of rotatable bonds is 7. The molecule has 1 atom stereocenters. The van der Waals surface area contributed by atoms with Crippen LogP contribution in [0.3, 0.4) is 0 Å². The van der Waals surface area contributed by atoms with E-state index < -0.39 is 13.0 Å². The third-order valence-electron chi connectivity index (χ3n) is 3.29. The lowest BCUT2D eigenvalue weighted by atomic mass is 9.78. The molecule has 2 aromatic rings. The lowest BCUT2D eigenvalue weighted by molar-refractivity contribution is 0.0580. The minimum atomic E-state index is -5.01. The van der Waals surface area contributed by atoms with Gasteiger partial charge in [0.05, 0.1) is 6.61 Å². The maximum Gasteiger partial charge on any atom is 0.506 e. The van der Waals surface area contributed by atoms with Gasteiger partial charge in [-0.1, -0.05) is 60.7 Å². The molecule has 0 saturated heterocycles. The highest BCUT2D eigenvalue weighted by molar-refractivity contribution is 6.60. The molecular formula is C16H17BF3O-. The molecule has 1 unspecified atom stereocenters. The number of aryl methyl sites for hydroxylation is 1. The van der Waals surface area contributed by atoms with Gasteiger partial charge in [0.1, 0.15) is 0 Å². The summed E-state index contributed by atoms with van der Waals surface area (Å²) < 4.78 is 44.3. The van der Waals surface area contributed by atoms with Gasteiger partial charge in [-0.3, -0.25) is 0 Å². The van der Waals surface area contributed by atoms with Crippen molar-refractivity contribution in [3.8, 4) is 0 Å². The van der Waals surface area contributed by atoms with Crippen LogP contribution in [0.25, 0.3) is 0 Å². The van der Waals surface area contributed by atoms with E-state index in [1.54, 1.807) is 24.3 Å². The van der Waals surface area contributed by atoms with E-state index in [0.717, 1.165) is 11.1 Å². The van der Waals surface area contributed by atoms with Crippen molar-refractivity contribution in [2.24, 2.45) is 0 Å². The Bertz CT molecular complexity index is 485. The minimum absolute atomic E-state index is 0.0123. The summed E-state index contributed by atoms with van der Waals surface area (Å²) in [6.45, 7) is -5.02. The predicted octanol–water partition coefficient (Wildman–Crippen LogP) is 4.59. The van der Waals surface area contributed by atoms with Crippen LogP contribution in [0.4, 0.5) is 12.9 Å². The Kier molecular flexibility index (Phi) is 5.45. The van der Waals surface area contributed by atoms with Crippen molar-refractivity contribution in [1.82, 2.24) is 0 Å². The Labute approximate surface area is 122 Å².